The minimum Gasteiger partial charge on any atom is -0.508 e. The molecule has 0 radical (unpaired) electrons. The molecule has 0 saturated carbocycles. The molecule has 23 heavy (non-hydrogen) atoms. The number of nitrogens with one attached hydrogen (secondary N) is 2. The molecule has 0 aromatic heterocycles. The third-order valence-corrected chi connectivity index (χ3v) is 3.45. The number of halogens is 1. The number of methoxy groups -OCH3 is 1. The number of phenols is 1. The maximum absolute atomic E-state index is 12.0. The van der Waals surface area contributed by atoms with Crippen LogP contribution in [0.1, 0.15) is 5.56 Å². The lowest BCUT2D eigenvalue weighted by Crippen LogP contribution is -2.29. The summed E-state index contributed by atoms with van der Waals surface area (Å²) in [6.45, 7) is 1.77. The van der Waals surface area contributed by atoms with Gasteiger partial charge in [0.05, 0.1) is 12.8 Å². The summed E-state index contributed by atoms with van der Waals surface area (Å²) in [7, 11) is 1.43. The average molecular weight is 335 g/mol. The first-order valence-corrected chi connectivity index (χ1v) is 7.04. The van der Waals surface area contributed by atoms with Crippen molar-refractivity contribution in [3.8, 4) is 11.5 Å². The van der Waals surface area contributed by atoms with E-state index < -0.39 is 11.8 Å². The summed E-state index contributed by atoms with van der Waals surface area (Å²) in [5.41, 5.74) is 1.38. The number of ether oxygens (including phenoxy) is 1. The van der Waals surface area contributed by atoms with Crippen LogP contribution in [-0.4, -0.2) is 24.0 Å². The van der Waals surface area contributed by atoms with Crippen molar-refractivity contribution in [1.82, 2.24) is 0 Å². The van der Waals surface area contributed by atoms with E-state index in [1.54, 1.807) is 31.2 Å². The molecule has 0 atom stereocenters. The van der Waals surface area contributed by atoms with Crippen molar-refractivity contribution in [3.63, 3.8) is 0 Å². The SMILES string of the molecule is COc1cc(Cl)c(C)cc1NC(=O)C(=O)Nc1cccc(O)c1. The van der Waals surface area contributed by atoms with Crippen LogP contribution in [0.25, 0.3) is 0 Å². The molecule has 7 heteroatoms. The number of benzene rings is 2. The molecular formula is C16H15ClN2O4. The Morgan fingerprint density at radius 2 is 1.83 bits per heavy atom. The van der Waals surface area contributed by atoms with Crippen LogP contribution >= 0.6 is 11.6 Å². The van der Waals surface area contributed by atoms with Gasteiger partial charge in [0.1, 0.15) is 11.5 Å². The fourth-order valence-electron chi connectivity index (χ4n) is 1.88. The van der Waals surface area contributed by atoms with Crippen LogP contribution in [0.15, 0.2) is 36.4 Å². The van der Waals surface area contributed by atoms with Gasteiger partial charge in [-0.1, -0.05) is 17.7 Å². The average Bonchev–Trinajstić information content (AvgIpc) is 2.50. The Bertz CT molecular complexity index is 762. The smallest absolute Gasteiger partial charge is 0.314 e. The number of hydrogen-bond acceptors (Lipinski definition) is 4. The van der Waals surface area contributed by atoms with Gasteiger partial charge < -0.3 is 20.5 Å². The maximum atomic E-state index is 12.0. The first kappa shape index (κ1) is 16.6. The second-order valence-electron chi connectivity index (χ2n) is 4.76. The summed E-state index contributed by atoms with van der Waals surface area (Å²) in [5, 5.41) is 14.7. The van der Waals surface area contributed by atoms with E-state index in [0.29, 0.717) is 22.1 Å². The Morgan fingerprint density at radius 1 is 1.13 bits per heavy atom. The quantitative estimate of drug-likeness (QED) is 0.753. The summed E-state index contributed by atoms with van der Waals surface area (Å²) in [5.74, 6) is -1.41. The normalized spacial score (nSPS) is 10.0. The minimum atomic E-state index is -0.870. The molecule has 0 unspecified atom stereocenters. The number of phenolic OH excluding ortho intramolecular Hbond substituents is 1. The number of carbonyl (C=O) groups is 2. The van der Waals surface area contributed by atoms with Crippen LogP contribution in [0.5, 0.6) is 11.5 Å². The number of anilines is 2. The van der Waals surface area contributed by atoms with Gasteiger partial charge in [-0.25, -0.2) is 0 Å². The van der Waals surface area contributed by atoms with Gasteiger partial charge in [-0.3, -0.25) is 9.59 Å². The van der Waals surface area contributed by atoms with E-state index in [1.807, 2.05) is 0 Å². The molecule has 120 valence electrons. The molecule has 0 aliphatic carbocycles. The Hall–Kier alpha value is -2.73. The molecule has 6 nitrogen and oxygen atoms in total. The molecule has 0 saturated heterocycles. The number of rotatable bonds is 3. The predicted octanol–water partition coefficient (Wildman–Crippen LogP) is 2.94. The van der Waals surface area contributed by atoms with E-state index in [0.717, 1.165) is 5.56 Å². The van der Waals surface area contributed by atoms with Gasteiger partial charge in [0, 0.05) is 22.8 Å². The molecule has 0 heterocycles. The van der Waals surface area contributed by atoms with Crippen LogP contribution in [0.3, 0.4) is 0 Å². The van der Waals surface area contributed by atoms with E-state index in [2.05, 4.69) is 10.6 Å². The molecule has 2 rings (SSSR count). The topological polar surface area (TPSA) is 87.7 Å². The molecule has 2 aromatic carbocycles. The van der Waals surface area contributed by atoms with Crippen LogP contribution in [0.2, 0.25) is 5.02 Å². The second kappa shape index (κ2) is 7.02. The predicted molar refractivity (Wildman–Crippen MR) is 88.1 cm³/mol. The van der Waals surface area contributed by atoms with Gasteiger partial charge in [0.15, 0.2) is 0 Å². The van der Waals surface area contributed by atoms with Crippen molar-refractivity contribution in [1.29, 1.82) is 0 Å². The van der Waals surface area contributed by atoms with E-state index >= 15 is 0 Å². The third kappa shape index (κ3) is 4.14. The Labute approximate surface area is 138 Å². The zero-order valence-electron chi connectivity index (χ0n) is 12.5. The van der Waals surface area contributed by atoms with E-state index in [4.69, 9.17) is 16.3 Å². The lowest BCUT2D eigenvalue weighted by Gasteiger charge is -2.12. The van der Waals surface area contributed by atoms with Gasteiger partial charge in [-0.15, -0.1) is 0 Å². The monoisotopic (exact) mass is 334 g/mol. The second-order valence-corrected chi connectivity index (χ2v) is 5.17. The molecule has 0 aliphatic rings. The van der Waals surface area contributed by atoms with Crippen molar-refractivity contribution in [2.75, 3.05) is 17.7 Å². The first-order valence-electron chi connectivity index (χ1n) is 6.66. The van der Waals surface area contributed by atoms with Gasteiger partial charge in [-0.05, 0) is 30.7 Å². The van der Waals surface area contributed by atoms with Crippen molar-refractivity contribution >= 4 is 34.8 Å². The summed E-state index contributed by atoms with van der Waals surface area (Å²) in [4.78, 5) is 23.9. The van der Waals surface area contributed by atoms with Gasteiger partial charge >= 0.3 is 11.8 Å². The molecule has 2 amide bonds. The van der Waals surface area contributed by atoms with Crippen molar-refractivity contribution in [2.24, 2.45) is 0 Å². The molecule has 0 aliphatic heterocycles. The van der Waals surface area contributed by atoms with Crippen LogP contribution < -0.4 is 15.4 Å². The Morgan fingerprint density at radius 3 is 2.48 bits per heavy atom. The van der Waals surface area contributed by atoms with E-state index in [1.165, 1.54) is 19.2 Å². The molecular weight excluding hydrogens is 320 g/mol. The van der Waals surface area contributed by atoms with Gasteiger partial charge in [0.25, 0.3) is 0 Å². The van der Waals surface area contributed by atoms with Crippen LogP contribution in [0, 0.1) is 6.92 Å². The summed E-state index contributed by atoms with van der Waals surface area (Å²) in [6.07, 6.45) is 0. The van der Waals surface area contributed by atoms with Crippen molar-refractivity contribution in [3.05, 3.63) is 47.0 Å². The number of hydrogen-bond donors (Lipinski definition) is 3. The largest absolute Gasteiger partial charge is 0.508 e. The zero-order valence-corrected chi connectivity index (χ0v) is 13.3. The van der Waals surface area contributed by atoms with Crippen molar-refractivity contribution in [2.45, 2.75) is 6.92 Å². The lowest BCUT2D eigenvalue weighted by molar-refractivity contribution is -0.133. The molecule has 2 aromatic rings. The number of aromatic hydroxyl groups is 1. The molecule has 0 fully saturated rings. The summed E-state index contributed by atoms with van der Waals surface area (Å²) < 4.78 is 5.13. The fraction of sp³-hybridized carbons (Fsp3) is 0.125. The number of carbonyl (C=O) groups excluding carboxylic acids is 2. The molecule has 0 bridgehead atoms. The Kier molecular flexibility index (Phi) is 5.08. The highest BCUT2D eigenvalue weighted by Crippen LogP contribution is 2.30. The minimum absolute atomic E-state index is 0.0156. The zero-order chi connectivity index (χ0) is 17.0. The number of amides is 2. The highest BCUT2D eigenvalue weighted by molar-refractivity contribution is 6.43. The molecule has 3 N–H and O–H groups in total. The third-order valence-electron chi connectivity index (χ3n) is 3.04. The lowest BCUT2D eigenvalue weighted by atomic mass is 10.2. The van der Waals surface area contributed by atoms with Crippen LogP contribution in [0.4, 0.5) is 11.4 Å². The van der Waals surface area contributed by atoms with Gasteiger partial charge in [0.2, 0.25) is 0 Å². The molecule has 0 spiro atoms. The van der Waals surface area contributed by atoms with Gasteiger partial charge in [-0.2, -0.15) is 0 Å². The highest BCUT2D eigenvalue weighted by atomic mass is 35.5. The van der Waals surface area contributed by atoms with Crippen molar-refractivity contribution < 1.29 is 19.4 Å². The van der Waals surface area contributed by atoms with E-state index in [9.17, 15) is 14.7 Å². The van der Waals surface area contributed by atoms with Crippen LogP contribution in [-0.2, 0) is 9.59 Å². The first-order chi connectivity index (χ1) is 10.9. The fourth-order valence-corrected chi connectivity index (χ4v) is 2.03. The summed E-state index contributed by atoms with van der Waals surface area (Å²) >= 11 is 5.99. The highest BCUT2D eigenvalue weighted by Gasteiger charge is 2.17. The Balaban J connectivity index is 2.12. The summed E-state index contributed by atoms with van der Waals surface area (Å²) in [6, 6.07) is 9.06. The van der Waals surface area contributed by atoms with E-state index in [-0.39, 0.29) is 5.75 Å². The maximum Gasteiger partial charge on any atom is 0.314 e. The number of aryl methyl sites for hydroxylation is 1. The standard InChI is InChI=1S/C16H15ClN2O4/c1-9-6-13(14(23-2)8-12(9)17)19-16(22)15(21)18-10-4-3-5-11(20)7-10/h3-8,20H,1-2H3,(H,18,21)(H,19,22).